The molecule has 0 saturated carbocycles. The molecule has 0 bridgehead atoms. The Hall–Kier alpha value is -1.38. The van der Waals surface area contributed by atoms with Crippen molar-refractivity contribution in [3.63, 3.8) is 0 Å². The Bertz CT molecular complexity index is 513. The normalized spacial score (nSPS) is 17.4. The molecule has 2 aromatic rings. The number of fused-ring (bicyclic) bond motifs is 1. The standard InChI is InChI=1S/C16H18N2.ClH/c1-2-9-15-13(6-1)7-5-10-16(15)18-12-14-8-3-4-11-17-14;/h1-4,6,8-9,11,16,18H,5,7,10,12H2;1H. The zero-order valence-electron chi connectivity index (χ0n) is 10.9. The summed E-state index contributed by atoms with van der Waals surface area (Å²) >= 11 is 0. The summed E-state index contributed by atoms with van der Waals surface area (Å²) in [7, 11) is 0. The van der Waals surface area contributed by atoms with Crippen LogP contribution in [0.25, 0.3) is 0 Å². The van der Waals surface area contributed by atoms with Gasteiger partial charge in [0.25, 0.3) is 0 Å². The van der Waals surface area contributed by atoms with Crippen molar-refractivity contribution in [2.24, 2.45) is 0 Å². The van der Waals surface area contributed by atoms with Gasteiger partial charge in [0, 0.05) is 18.8 Å². The van der Waals surface area contributed by atoms with E-state index in [1.807, 2.05) is 18.3 Å². The van der Waals surface area contributed by atoms with Gasteiger partial charge in [-0.15, -0.1) is 12.4 Å². The third kappa shape index (κ3) is 3.34. The Morgan fingerprint density at radius 1 is 1.11 bits per heavy atom. The van der Waals surface area contributed by atoms with Gasteiger partial charge in [0.2, 0.25) is 0 Å². The number of nitrogens with one attached hydrogen (secondary N) is 1. The molecular formula is C16H19ClN2. The van der Waals surface area contributed by atoms with Gasteiger partial charge in [0.15, 0.2) is 0 Å². The van der Waals surface area contributed by atoms with E-state index >= 15 is 0 Å². The van der Waals surface area contributed by atoms with Crippen molar-refractivity contribution in [1.82, 2.24) is 10.3 Å². The maximum atomic E-state index is 4.36. The lowest BCUT2D eigenvalue weighted by atomic mass is 9.88. The fourth-order valence-corrected chi connectivity index (χ4v) is 2.70. The SMILES string of the molecule is Cl.c1ccc(CNC2CCCc3ccccc32)nc1. The molecule has 1 heterocycles. The summed E-state index contributed by atoms with van der Waals surface area (Å²) in [6.45, 7) is 0.847. The first-order valence-electron chi connectivity index (χ1n) is 6.64. The van der Waals surface area contributed by atoms with Crippen LogP contribution < -0.4 is 5.32 Å². The van der Waals surface area contributed by atoms with Crippen LogP contribution in [0, 0.1) is 0 Å². The fourth-order valence-electron chi connectivity index (χ4n) is 2.70. The van der Waals surface area contributed by atoms with Crippen molar-refractivity contribution in [2.75, 3.05) is 0 Å². The fraction of sp³-hybridized carbons (Fsp3) is 0.312. The highest BCUT2D eigenvalue weighted by molar-refractivity contribution is 5.85. The van der Waals surface area contributed by atoms with Gasteiger partial charge in [0.05, 0.1) is 5.69 Å². The molecule has 2 nitrogen and oxygen atoms in total. The Kier molecular flexibility index (Phi) is 4.94. The first-order chi connectivity index (χ1) is 8.93. The molecule has 1 unspecified atom stereocenters. The molecule has 1 N–H and O–H groups in total. The van der Waals surface area contributed by atoms with Crippen LogP contribution in [0.3, 0.4) is 0 Å². The van der Waals surface area contributed by atoms with Gasteiger partial charge < -0.3 is 5.32 Å². The monoisotopic (exact) mass is 274 g/mol. The molecule has 19 heavy (non-hydrogen) atoms. The van der Waals surface area contributed by atoms with Gasteiger partial charge >= 0.3 is 0 Å². The largest absolute Gasteiger partial charge is 0.304 e. The second kappa shape index (κ2) is 6.69. The quantitative estimate of drug-likeness (QED) is 0.924. The number of aryl methyl sites for hydroxylation is 1. The molecule has 1 aliphatic rings. The van der Waals surface area contributed by atoms with Gasteiger partial charge in [-0.3, -0.25) is 4.98 Å². The topological polar surface area (TPSA) is 24.9 Å². The average molecular weight is 275 g/mol. The lowest BCUT2D eigenvalue weighted by Gasteiger charge is -2.26. The molecule has 1 atom stereocenters. The lowest BCUT2D eigenvalue weighted by Crippen LogP contribution is -2.25. The van der Waals surface area contributed by atoms with Crippen molar-refractivity contribution in [1.29, 1.82) is 0 Å². The predicted octanol–water partition coefficient (Wildman–Crippen LogP) is 3.67. The van der Waals surface area contributed by atoms with Crippen molar-refractivity contribution in [3.05, 3.63) is 65.5 Å². The second-order valence-corrected chi connectivity index (χ2v) is 4.85. The van der Waals surface area contributed by atoms with Crippen molar-refractivity contribution in [2.45, 2.75) is 31.8 Å². The summed E-state index contributed by atoms with van der Waals surface area (Å²) in [5.41, 5.74) is 4.09. The molecule has 1 aromatic heterocycles. The molecule has 0 fully saturated rings. The van der Waals surface area contributed by atoms with Crippen LogP contribution in [-0.2, 0) is 13.0 Å². The molecule has 3 heteroatoms. The molecular weight excluding hydrogens is 256 g/mol. The van der Waals surface area contributed by atoms with Crippen LogP contribution in [0.4, 0.5) is 0 Å². The van der Waals surface area contributed by atoms with Crippen LogP contribution in [0.1, 0.15) is 35.7 Å². The number of aromatic nitrogens is 1. The van der Waals surface area contributed by atoms with Gasteiger partial charge in [-0.05, 0) is 42.5 Å². The predicted molar refractivity (Wildman–Crippen MR) is 80.4 cm³/mol. The summed E-state index contributed by atoms with van der Waals surface area (Å²) in [4.78, 5) is 4.36. The molecule has 0 amide bonds. The van der Waals surface area contributed by atoms with Crippen molar-refractivity contribution < 1.29 is 0 Å². The summed E-state index contributed by atoms with van der Waals surface area (Å²) in [6.07, 6.45) is 5.57. The van der Waals surface area contributed by atoms with E-state index in [-0.39, 0.29) is 12.4 Å². The lowest BCUT2D eigenvalue weighted by molar-refractivity contribution is 0.456. The number of halogens is 1. The van der Waals surface area contributed by atoms with Crippen molar-refractivity contribution in [3.8, 4) is 0 Å². The third-order valence-corrected chi connectivity index (χ3v) is 3.63. The molecule has 3 rings (SSSR count). The molecule has 0 saturated heterocycles. The van der Waals surface area contributed by atoms with Crippen molar-refractivity contribution >= 4 is 12.4 Å². The van der Waals surface area contributed by atoms with Gasteiger partial charge in [-0.1, -0.05) is 30.3 Å². The smallest absolute Gasteiger partial charge is 0.0541 e. The average Bonchev–Trinajstić information content (AvgIpc) is 2.46. The Morgan fingerprint density at radius 2 is 1.95 bits per heavy atom. The summed E-state index contributed by atoms with van der Waals surface area (Å²) in [5, 5.41) is 3.63. The van der Waals surface area contributed by atoms with Crippen LogP contribution in [-0.4, -0.2) is 4.98 Å². The molecule has 1 aromatic carbocycles. The number of hydrogen-bond donors (Lipinski definition) is 1. The summed E-state index contributed by atoms with van der Waals surface area (Å²) < 4.78 is 0. The first kappa shape index (κ1) is 14.0. The minimum absolute atomic E-state index is 0. The van der Waals surface area contributed by atoms with E-state index in [0.29, 0.717) is 6.04 Å². The van der Waals surface area contributed by atoms with E-state index in [2.05, 4.69) is 40.6 Å². The maximum Gasteiger partial charge on any atom is 0.0541 e. The van der Waals surface area contributed by atoms with Crippen LogP contribution in [0.5, 0.6) is 0 Å². The van der Waals surface area contributed by atoms with Gasteiger partial charge in [0.1, 0.15) is 0 Å². The molecule has 0 radical (unpaired) electrons. The van der Waals surface area contributed by atoms with Gasteiger partial charge in [-0.25, -0.2) is 0 Å². The number of benzene rings is 1. The van der Waals surface area contributed by atoms with E-state index in [4.69, 9.17) is 0 Å². The number of pyridine rings is 1. The van der Waals surface area contributed by atoms with E-state index in [1.165, 1.54) is 30.4 Å². The third-order valence-electron chi connectivity index (χ3n) is 3.63. The van der Waals surface area contributed by atoms with Crippen LogP contribution in [0.15, 0.2) is 48.7 Å². The summed E-state index contributed by atoms with van der Waals surface area (Å²) in [6, 6.07) is 15.3. The number of rotatable bonds is 3. The highest BCUT2D eigenvalue weighted by Gasteiger charge is 2.18. The second-order valence-electron chi connectivity index (χ2n) is 4.85. The Morgan fingerprint density at radius 3 is 2.79 bits per heavy atom. The van der Waals surface area contributed by atoms with Crippen LogP contribution in [0.2, 0.25) is 0 Å². The summed E-state index contributed by atoms with van der Waals surface area (Å²) in [5.74, 6) is 0. The van der Waals surface area contributed by atoms with E-state index in [9.17, 15) is 0 Å². The van der Waals surface area contributed by atoms with E-state index in [0.717, 1.165) is 12.2 Å². The van der Waals surface area contributed by atoms with E-state index in [1.54, 1.807) is 0 Å². The molecule has 100 valence electrons. The van der Waals surface area contributed by atoms with Crippen LogP contribution >= 0.6 is 12.4 Å². The molecule has 1 aliphatic carbocycles. The molecule has 0 aliphatic heterocycles. The number of hydrogen-bond acceptors (Lipinski definition) is 2. The zero-order valence-corrected chi connectivity index (χ0v) is 11.7. The highest BCUT2D eigenvalue weighted by Crippen LogP contribution is 2.29. The highest BCUT2D eigenvalue weighted by atomic mass is 35.5. The number of nitrogens with zero attached hydrogens (tertiary/aromatic N) is 1. The van der Waals surface area contributed by atoms with Gasteiger partial charge in [-0.2, -0.15) is 0 Å². The van der Waals surface area contributed by atoms with E-state index < -0.39 is 0 Å². The first-order valence-corrected chi connectivity index (χ1v) is 6.64. The molecule has 0 spiro atoms. The Labute approximate surface area is 120 Å². The maximum absolute atomic E-state index is 4.36. The zero-order chi connectivity index (χ0) is 12.2. The Balaban J connectivity index is 0.00000133. The minimum Gasteiger partial charge on any atom is -0.304 e. The minimum atomic E-state index is 0.